The summed E-state index contributed by atoms with van der Waals surface area (Å²) in [6, 6.07) is 10.5. The maximum absolute atomic E-state index is 13.5. The van der Waals surface area contributed by atoms with Crippen LogP contribution in [0.5, 0.6) is 0 Å². The molecule has 0 N–H and O–H groups in total. The highest BCUT2D eigenvalue weighted by atomic mass is 32.1. The molecule has 0 aliphatic rings. The maximum Gasteiger partial charge on any atom is 0.126 e. The second-order valence-corrected chi connectivity index (χ2v) is 6.84. The minimum Gasteiger partial charge on any atom is -0.208 e. The molecule has 0 saturated carbocycles. The average Bonchev–Trinajstić information content (AvgIpc) is 2.90. The Bertz CT molecular complexity index is 779. The Kier molecular flexibility index (Phi) is 5.67. The van der Waals surface area contributed by atoms with E-state index in [9.17, 15) is 8.78 Å². The molecule has 0 radical (unpaired) electrons. The van der Waals surface area contributed by atoms with Crippen molar-refractivity contribution >= 4 is 16.9 Å². The molecule has 120 valence electrons. The van der Waals surface area contributed by atoms with Gasteiger partial charge in [-0.1, -0.05) is 30.3 Å². The number of allylic oxidation sites excluding steroid dienone is 5. The van der Waals surface area contributed by atoms with Crippen LogP contribution in [0.25, 0.3) is 5.57 Å². The number of hydrogen-bond acceptors (Lipinski definition) is 1. The first kappa shape index (κ1) is 17.4. The van der Waals surface area contributed by atoms with Crippen molar-refractivity contribution in [2.75, 3.05) is 0 Å². The molecule has 0 fully saturated rings. The van der Waals surface area contributed by atoms with Gasteiger partial charge in [-0.25, -0.2) is 8.78 Å². The molecule has 0 aliphatic carbocycles. The Hall–Kier alpha value is -2.00. The van der Waals surface area contributed by atoms with Crippen LogP contribution in [0.4, 0.5) is 8.78 Å². The SMILES string of the molecule is C=C(F)/C=C(F)\C=C(/C)c1ccc(Cc2cc(C)ccc2C)s1. The van der Waals surface area contributed by atoms with Crippen molar-refractivity contribution < 1.29 is 8.78 Å². The molecule has 3 heteroatoms. The first-order valence-electron chi connectivity index (χ1n) is 7.40. The molecular weight excluding hydrogens is 310 g/mol. The highest BCUT2D eigenvalue weighted by molar-refractivity contribution is 7.13. The largest absolute Gasteiger partial charge is 0.208 e. The zero-order valence-electron chi connectivity index (χ0n) is 13.6. The fourth-order valence-corrected chi connectivity index (χ4v) is 3.33. The zero-order valence-corrected chi connectivity index (χ0v) is 14.4. The monoisotopic (exact) mass is 330 g/mol. The summed E-state index contributed by atoms with van der Waals surface area (Å²) in [5, 5.41) is 0. The average molecular weight is 330 g/mol. The molecule has 2 rings (SSSR count). The Morgan fingerprint density at radius 1 is 1.13 bits per heavy atom. The molecule has 0 nitrogen and oxygen atoms in total. The van der Waals surface area contributed by atoms with Crippen molar-refractivity contribution in [2.45, 2.75) is 27.2 Å². The quantitative estimate of drug-likeness (QED) is 0.535. The van der Waals surface area contributed by atoms with E-state index in [0.29, 0.717) is 0 Å². The lowest BCUT2D eigenvalue weighted by molar-refractivity contribution is 0.633. The number of rotatable bonds is 5. The lowest BCUT2D eigenvalue weighted by Crippen LogP contribution is -1.90. The van der Waals surface area contributed by atoms with E-state index >= 15 is 0 Å². The summed E-state index contributed by atoms with van der Waals surface area (Å²) < 4.78 is 26.1. The van der Waals surface area contributed by atoms with Gasteiger partial charge in [0.15, 0.2) is 0 Å². The van der Waals surface area contributed by atoms with E-state index in [-0.39, 0.29) is 0 Å². The normalized spacial score (nSPS) is 12.6. The lowest BCUT2D eigenvalue weighted by atomic mass is 10.0. The first-order chi connectivity index (χ1) is 10.8. The van der Waals surface area contributed by atoms with Gasteiger partial charge in [0.2, 0.25) is 0 Å². The summed E-state index contributed by atoms with van der Waals surface area (Å²) in [5.74, 6) is -1.41. The zero-order chi connectivity index (χ0) is 17.0. The fourth-order valence-electron chi connectivity index (χ4n) is 2.33. The van der Waals surface area contributed by atoms with Gasteiger partial charge >= 0.3 is 0 Å². The van der Waals surface area contributed by atoms with E-state index in [4.69, 9.17) is 0 Å². The molecule has 1 aromatic heterocycles. The third-order valence-electron chi connectivity index (χ3n) is 3.57. The van der Waals surface area contributed by atoms with E-state index in [1.807, 2.05) is 13.0 Å². The molecule has 1 heterocycles. The van der Waals surface area contributed by atoms with Gasteiger partial charge in [0, 0.05) is 22.3 Å². The topological polar surface area (TPSA) is 0 Å². The summed E-state index contributed by atoms with van der Waals surface area (Å²) in [5.41, 5.74) is 4.60. The van der Waals surface area contributed by atoms with Crippen LogP contribution in [0.2, 0.25) is 0 Å². The van der Waals surface area contributed by atoms with Crippen LogP contribution in [0, 0.1) is 13.8 Å². The summed E-state index contributed by atoms with van der Waals surface area (Å²) in [4.78, 5) is 2.21. The number of aryl methyl sites for hydroxylation is 2. The van der Waals surface area contributed by atoms with Crippen LogP contribution in [-0.2, 0) is 6.42 Å². The Morgan fingerprint density at radius 2 is 1.87 bits per heavy atom. The smallest absolute Gasteiger partial charge is 0.126 e. The van der Waals surface area contributed by atoms with Gasteiger partial charge in [-0.2, -0.15) is 0 Å². The van der Waals surface area contributed by atoms with Gasteiger partial charge in [-0.3, -0.25) is 0 Å². The van der Waals surface area contributed by atoms with Crippen LogP contribution in [0.15, 0.2) is 60.7 Å². The van der Waals surface area contributed by atoms with Gasteiger partial charge < -0.3 is 0 Å². The van der Waals surface area contributed by atoms with Gasteiger partial charge in [-0.05, 0) is 55.7 Å². The van der Waals surface area contributed by atoms with E-state index < -0.39 is 11.7 Å². The molecule has 0 saturated heterocycles. The molecule has 1 aromatic carbocycles. The number of halogens is 2. The van der Waals surface area contributed by atoms with Crippen LogP contribution >= 0.6 is 11.3 Å². The van der Waals surface area contributed by atoms with Crippen molar-refractivity contribution in [2.24, 2.45) is 0 Å². The summed E-state index contributed by atoms with van der Waals surface area (Å²) in [7, 11) is 0. The van der Waals surface area contributed by atoms with Crippen molar-refractivity contribution in [1.82, 2.24) is 0 Å². The minimum absolute atomic E-state index is 0.625. The number of thiophene rings is 1. The molecule has 0 atom stereocenters. The predicted octanol–water partition coefficient (Wildman–Crippen LogP) is 6.70. The Balaban J connectivity index is 2.19. The molecule has 0 bridgehead atoms. The standard InChI is InChI=1S/C20H20F2S/c1-13-5-6-14(2)17(9-13)12-19-7-8-20(23-19)15(3)10-18(22)11-16(4)21/h5-11H,4,12H2,1-3H3/b15-10+,18-11+. The maximum atomic E-state index is 13.5. The van der Waals surface area contributed by atoms with E-state index in [1.54, 1.807) is 11.3 Å². The molecule has 0 unspecified atom stereocenters. The van der Waals surface area contributed by atoms with Gasteiger partial charge in [0.05, 0.1) is 0 Å². The van der Waals surface area contributed by atoms with Crippen molar-refractivity contribution in [3.8, 4) is 0 Å². The summed E-state index contributed by atoms with van der Waals surface area (Å²) in [6.07, 6.45) is 2.98. The van der Waals surface area contributed by atoms with Gasteiger partial charge in [0.1, 0.15) is 11.7 Å². The Morgan fingerprint density at radius 3 is 2.57 bits per heavy atom. The van der Waals surface area contributed by atoms with Crippen LogP contribution in [-0.4, -0.2) is 0 Å². The molecule has 23 heavy (non-hydrogen) atoms. The first-order valence-corrected chi connectivity index (χ1v) is 8.22. The third kappa shape index (κ3) is 5.00. The lowest BCUT2D eigenvalue weighted by Gasteiger charge is -2.05. The van der Waals surface area contributed by atoms with Crippen LogP contribution in [0.1, 0.15) is 33.4 Å². The molecule has 2 aromatic rings. The highest BCUT2D eigenvalue weighted by Crippen LogP contribution is 2.28. The number of hydrogen-bond donors (Lipinski definition) is 0. The van der Waals surface area contributed by atoms with Crippen LogP contribution in [0.3, 0.4) is 0 Å². The minimum atomic E-state index is -0.784. The summed E-state index contributed by atoms with van der Waals surface area (Å²) >= 11 is 1.63. The van der Waals surface area contributed by atoms with E-state index in [0.717, 1.165) is 22.9 Å². The molecular formula is C20H20F2S. The highest BCUT2D eigenvalue weighted by Gasteiger charge is 2.06. The van der Waals surface area contributed by atoms with Crippen LogP contribution < -0.4 is 0 Å². The van der Waals surface area contributed by atoms with Crippen molar-refractivity contribution in [1.29, 1.82) is 0 Å². The summed E-state index contributed by atoms with van der Waals surface area (Å²) in [6.45, 7) is 9.05. The molecule has 0 amide bonds. The molecule has 0 spiro atoms. The van der Waals surface area contributed by atoms with Gasteiger partial charge in [-0.15, -0.1) is 11.3 Å². The second-order valence-electron chi connectivity index (χ2n) is 5.68. The second kappa shape index (κ2) is 7.51. The van der Waals surface area contributed by atoms with Crippen molar-refractivity contribution in [3.05, 3.63) is 87.2 Å². The van der Waals surface area contributed by atoms with Gasteiger partial charge in [0.25, 0.3) is 0 Å². The predicted molar refractivity (Wildman–Crippen MR) is 96.1 cm³/mol. The third-order valence-corrected chi connectivity index (χ3v) is 4.79. The van der Waals surface area contributed by atoms with E-state index in [2.05, 4.69) is 44.7 Å². The van der Waals surface area contributed by atoms with E-state index in [1.165, 1.54) is 27.6 Å². The molecule has 0 aliphatic heterocycles. The Labute approximate surface area is 140 Å². The number of benzene rings is 1. The van der Waals surface area contributed by atoms with Crippen molar-refractivity contribution in [3.63, 3.8) is 0 Å². The fraction of sp³-hybridized carbons (Fsp3) is 0.200.